The van der Waals surface area contributed by atoms with Crippen molar-refractivity contribution in [1.82, 2.24) is 0 Å². The van der Waals surface area contributed by atoms with Crippen LogP contribution in [0.3, 0.4) is 0 Å². The molecule has 0 amide bonds. The molecule has 0 bridgehead atoms. The van der Waals surface area contributed by atoms with Gasteiger partial charge in [-0.2, -0.15) is 0 Å². The first-order valence-corrected chi connectivity index (χ1v) is 11.3. The van der Waals surface area contributed by atoms with Crippen molar-refractivity contribution in [2.24, 2.45) is 17.6 Å². The van der Waals surface area contributed by atoms with Crippen LogP contribution >= 0.6 is 0 Å². The summed E-state index contributed by atoms with van der Waals surface area (Å²) in [6, 6.07) is 0. The lowest BCUT2D eigenvalue weighted by atomic mass is 9.72. The van der Waals surface area contributed by atoms with Crippen molar-refractivity contribution in [3.8, 4) is 0 Å². The molecule has 0 aromatic carbocycles. The number of allylic oxidation sites excluding steroid dienone is 1. The van der Waals surface area contributed by atoms with Gasteiger partial charge in [0.25, 0.3) is 0 Å². The molecule has 154 valence electrons. The van der Waals surface area contributed by atoms with E-state index in [1.165, 1.54) is 83.1 Å². The van der Waals surface area contributed by atoms with Gasteiger partial charge < -0.3 is 5.73 Å². The Kier molecular flexibility index (Phi) is 15.1. The monoisotopic (exact) mass is 365 g/mol. The SMILES string of the molecule is C=CC(=O)C(CC)C(CCCCCCCCCCCCCC)C(C)(C)N. The molecule has 0 heterocycles. The lowest BCUT2D eigenvalue weighted by molar-refractivity contribution is -0.120. The second-order valence-corrected chi connectivity index (χ2v) is 8.73. The van der Waals surface area contributed by atoms with Crippen molar-refractivity contribution in [3.63, 3.8) is 0 Å². The van der Waals surface area contributed by atoms with Gasteiger partial charge in [-0.1, -0.05) is 97.5 Å². The van der Waals surface area contributed by atoms with E-state index in [0.717, 1.165) is 12.8 Å². The molecule has 26 heavy (non-hydrogen) atoms. The number of carbonyl (C=O) groups is 1. The third-order valence-electron chi connectivity index (χ3n) is 5.82. The number of nitrogens with two attached hydrogens (primary N) is 1. The summed E-state index contributed by atoms with van der Waals surface area (Å²) in [5.41, 5.74) is 6.09. The Labute approximate surface area is 164 Å². The highest BCUT2D eigenvalue weighted by Gasteiger charge is 2.34. The van der Waals surface area contributed by atoms with Gasteiger partial charge >= 0.3 is 0 Å². The zero-order valence-corrected chi connectivity index (χ0v) is 18.3. The maximum atomic E-state index is 12.2. The summed E-state index contributed by atoms with van der Waals surface area (Å²) in [5.74, 6) is 0.441. The van der Waals surface area contributed by atoms with Crippen LogP contribution in [0.1, 0.15) is 118 Å². The van der Waals surface area contributed by atoms with Crippen LogP contribution < -0.4 is 5.73 Å². The number of rotatable bonds is 18. The molecular formula is C24H47NO. The minimum Gasteiger partial charge on any atom is -0.325 e. The maximum Gasteiger partial charge on any atom is 0.158 e. The number of ketones is 1. The summed E-state index contributed by atoms with van der Waals surface area (Å²) < 4.78 is 0. The fourth-order valence-corrected chi connectivity index (χ4v) is 4.13. The van der Waals surface area contributed by atoms with E-state index >= 15 is 0 Å². The fraction of sp³-hybridized carbons (Fsp3) is 0.875. The van der Waals surface area contributed by atoms with E-state index in [0.29, 0.717) is 0 Å². The predicted molar refractivity (Wildman–Crippen MR) is 116 cm³/mol. The lowest BCUT2D eigenvalue weighted by Gasteiger charge is -2.35. The van der Waals surface area contributed by atoms with Gasteiger partial charge in [0.15, 0.2) is 5.78 Å². The van der Waals surface area contributed by atoms with E-state index in [4.69, 9.17) is 5.73 Å². The van der Waals surface area contributed by atoms with E-state index in [2.05, 4.69) is 34.3 Å². The number of unbranched alkanes of at least 4 members (excludes halogenated alkanes) is 11. The molecule has 0 aliphatic rings. The molecule has 2 atom stereocenters. The Balaban J connectivity index is 3.90. The predicted octanol–water partition coefficient (Wildman–Crippen LogP) is 7.21. The molecule has 2 heteroatoms. The zero-order valence-electron chi connectivity index (χ0n) is 18.3. The molecule has 0 aromatic heterocycles. The van der Waals surface area contributed by atoms with Gasteiger partial charge in [-0.05, 0) is 38.7 Å². The van der Waals surface area contributed by atoms with Crippen molar-refractivity contribution in [2.45, 2.75) is 123 Å². The summed E-state index contributed by atoms with van der Waals surface area (Å²) in [4.78, 5) is 12.2. The van der Waals surface area contributed by atoms with Gasteiger partial charge in [-0.3, -0.25) is 4.79 Å². The molecule has 2 unspecified atom stereocenters. The van der Waals surface area contributed by atoms with Gasteiger partial charge in [-0.15, -0.1) is 0 Å². The Morgan fingerprint density at radius 2 is 1.31 bits per heavy atom. The maximum absolute atomic E-state index is 12.2. The number of hydrogen-bond donors (Lipinski definition) is 1. The third-order valence-corrected chi connectivity index (χ3v) is 5.82. The van der Waals surface area contributed by atoms with Crippen LogP contribution in [0.4, 0.5) is 0 Å². The van der Waals surface area contributed by atoms with Crippen LogP contribution in [0.2, 0.25) is 0 Å². The summed E-state index contributed by atoms with van der Waals surface area (Å²) in [5, 5.41) is 0. The molecule has 0 aromatic rings. The second-order valence-electron chi connectivity index (χ2n) is 8.73. The molecule has 2 N–H and O–H groups in total. The fourth-order valence-electron chi connectivity index (χ4n) is 4.13. The van der Waals surface area contributed by atoms with Crippen molar-refractivity contribution < 1.29 is 4.79 Å². The zero-order chi connectivity index (χ0) is 19.8. The van der Waals surface area contributed by atoms with Crippen LogP contribution in [-0.2, 0) is 4.79 Å². The van der Waals surface area contributed by atoms with Gasteiger partial charge in [-0.25, -0.2) is 0 Å². The highest BCUT2D eigenvalue weighted by atomic mass is 16.1. The van der Waals surface area contributed by atoms with E-state index in [1.807, 2.05) is 0 Å². The summed E-state index contributed by atoms with van der Waals surface area (Å²) in [6.07, 6.45) is 19.7. The molecule has 0 saturated carbocycles. The normalized spacial score (nSPS) is 14.2. The summed E-state index contributed by atoms with van der Waals surface area (Å²) in [6.45, 7) is 12.2. The highest BCUT2D eigenvalue weighted by Crippen LogP contribution is 2.31. The van der Waals surface area contributed by atoms with E-state index in [1.54, 1.807) is 0 Å². The second kappa shape index (κ2) is 15.4. The minimum atomic E-state index is -0.308. The van der Waals surface area contributed by atoms with Crippen molar-refractivity contribution in [1.29, 1.82) is 0 Å². The van der Waals surface area contributed by atoms with Crippen molar-refractivity contribution in [3.05, 3.63) is 12.7 Å². The van der Waals surface area contributed by atoms with Crippen LogP contribution in [0.15, 0.2) is 12.7 Å². The Bertz CT molecular complexity index is 356. The van der Waals surface area contributed by atoms with Crippen LogP contribution in [0, 0.1) is 11.8 Å². The van der Waals surface area contributed by atoms with E-state index < -0.39 is 0 Å². The largest absolute Gasteiger partial charge is 0.325 e. The van der Waals surface area contributed by atoms with Crippen molar-refractivity contribution >= 4 is 5.78 Å². The standard InChI is InChI=1S/C24H47NO/c1-6-9-10-11-12-13-14-15-16-17-18-19-20-22(24(4,5)25)21(7-2)23(26)8-3/h8,21-22H,3,6-7,9-20,25H2,1-2,4-5H3. The average molecular weight is 366 g/mol. The molecule has 0 aliphatic carbocycles. The highest BCUT2D eigenvalue weighted by molar-refractivity contribution is 5.91. The first-order chi connectivity index (χ1) is 12.4. The minimum absolute atomic E-state index is 0.0280. The van der Waals surface area contributed by atoms with Crippen LogP contribution in [0.5, 0.6) is 0 Å². The number of carbonyl (C=O) groups excluding carboxylic acids is 1. The first kappa shape index (κ1) is 25.4. The molecule has 0 rings (SSSR count). The molecule has 2 nitrogen and oxygen atoms in total. The molecule has 0 radical (unpaired) electrons. The van der Waals surface area contributed by atoms with Gasteiger partial charge in [0.1, 0.15) is 0 Å². The quantitative estimate of drug-likeness (QED) is 0.206. The Morgan fingerprint density at radius 1 is 0.885 bits per heavy atom. The molecule has 0 spiro atoms. The molecular weight excluding hydrogens is 318 g/mol. The topological polar surface area (TPSA) is 43.1 Å². The molecule has 0 aliphatic heterocycles. The number of hydrogen-bond acceptors (Lipinski definition) is 2. The summed E-state index contributed by atoms with van der Waals surface area (Å²) in [7, 11) is 0. The first-order valence-electron chi connectivity index (χ1n) is 11.3. The van der Waals surface area contributed by atoms with E-state index in [-0.39, 0.29) is 23.2 Å². The molecule has 0 fully saturated rings. The van der Waals surface area contributed by atoms with Crippen LogP contribution in [-0.4, -0.2) is 11.3 Å². The third kappa shape index (κ3) is 11.9. The summed E-state index contributed by atoms with van der Waals surface area (Å²) >= 11 is 0. The van der Waals surface area contributed by atoms with Crippen molar-refractivity contribution in [2.75, 3.05) is 0 Å². The van der Waals surface area contributed by atoms with Gasteiger partial charge in [0.05, 0.1) is 0 Å². The van der Waals surface area contributed by atoms with E-state index in [9.17, 15) is 4.79 Å². The smallest absolute Gasteiger partial charge is 0.158 e. The Hall–Kier alpha value is -0.630. The average Bonchev–Trinajstić information content (AvgIpc) is 2.60. The van der Waals surface area contributed by atoms with Crippen LogP contribution in [0.25, 0.3) is 0 Å². The molecule has 0 saturated heterocycles. The van der Waals surface area contributed by atoms with Gasteiger partial charge in [0.2, 0.25) is 0 Å². The Morgan fingerprint density at radius 3 is 1.65 bits per heavy atom. The van der Waals surface area contributed by atoms with Gasteiger partial charge in [0, 0.05) is 11.5 Å². The lowest BCUT2D eigenvalue weighted by Crippen LogP contribution is -2.46.